The van der Waals surface area contributed by atoms with E-state index in [1.807, 2.05) is 49.9 Å². The van der Waals surface area contributed by atoms with Crippen molar-refractivity contribution < 1.29 is 9.90 Å². The molecule has 18 heavy (non-hydrogen) atoms. The number of nitrogens with zero attached hydrogens (tertiary/aromatic N) is 1. The molecule has 2 N–H and O–H groups in total. The highest BCUT2D eigenvalue weighted by molar-refractivity contribution is 5.79. The van der Waals surface area contributed by atoms with Gasteiger partial charge < -0.3 is 15.0 Å². The molecule has 1 atom stereocenters. The predicted molar refractivity (Wildman–Crippen MR) is 72.3 cm³/mol. The molecule has 1 amide bonds. The summed E-state index contributed by atoms with van der Waals surface area (Å²) < 4.78 is 1.87. The fourth-order valence-corrected chi connectivity index (χ4v) is 1.94. The summed E-state index contributed by atoms with van der Waals surface area (Å²) in [6.07, 6.45) is 5.47. The molecule has 0 aliphatic heterocycles. The van der Waals surface area contributed by atoms with Crippen LogP contribution in [0.15, 0.2) is 24.5 Å². The number of carbonyl (C=O) groups excluding carboxylic acids is 1. The summed E-state index contributed by atoms with van der Waals surface area (Å²) in [5.41, 5.74) is -0.188. The summed E-state index contributed by atoms with van der Waals surface area (Å²) >= 11 is 0. The molecule has 1 unspecified atom stereocenters. The van der Waals surface area contributed by atoms with Crippen LogP contribution in [0, 0.1) is 5.41 Å². The van der Waals surface area contributed by atoms with E-state index in [2.05, 4.69) is 5.32 Å². The van der Waals surface area contributed by atoms with Crippen LogP contribution in [0.4, 0.5) is 0 Å². The van der Waals surface area contributed by atoms with Crippen molar-refractivity contribution in [1.29, 1.82) is 0 Å². The molecular formula is C14H24N2O2. The Kier molecular flexibility index (Phi) is 5.41. The van der Waals surface area contributed by atoms with Gasteiger partial charge in [-0.15, -0.1) is 0 Å². The maximum atomic E-state index is 12.0. The van der Waals surface area contributed by atoms with E-state index in [0.717, 1.165) is 12.8 Å². The van der Waals surface area contributed by atoms with Crippen LogP contribution in [0.3, 0.4) is 0 Å². The zero-order valence-electron chi connectivity index (χ0n) is 11.5. The lowest BCUT2D eigenvalue weighted by Gasteiger charge is -2.30. The van der Waals surface area contributed by atoms with Gasteiger partial charge in [-0.05, 0) is 31.9 Å². The third-order valence-electron chi connectivity index (χ3n) is 3.93. The normalized spacial score (nSPS) is 13.3. The Labute approximate surface area is 109 Å². The summed E-state index contributed by atoms with van der Waals surface area (Å²) in [6, 6.07) is 3.59. The number of aliphatic hydroxyl groups excluding tert-OH is 1. The van der Waals surface area contributed by atoms with Crippen molar-refractivity contribution in [2.75, 3.05) is 13.2 Å². The molecule has 1 heterocycles. The number of rotatable bonds is 7. The topological polar surface area (TPSA) is 54.3 Å². The third-order valence-corrected chi connectivity index (χ3v) is 3.93. The van der Waals surface area contributed by atoms with Crippen LogP contribution in [0.2, 0.25) is 0 Å². The van der Waals surface area contributed by atoms with Crippen LogP contribution < -0.4 is 5.32 Å². The molecule has 102 valence electrons. The van der Waals surface area contributed by atoms with Gasteiger partial charge in [0.15, 0.2) is 0 Å². The fourth-order valence-electron chi connectivity index (χ4n) is 1.94. The first kappa shape index (κ1) is 14.8. The van der Waals surface area contributed by atoms with Crippen molar-refractivity contribution in [2.24, 2.45) is 5.41 Å². The molecule has 0 spiro atoms. The van der Waals surface area contributed by atoms with E-state index >= 15 is 0 Å². The zero-order chi connectivity index (χ0) is 13.6. The Bertz CT molecular complexity index is 348. The Morgan fingerprint density at radius 3 is 2.33 bits per heavy atom. The van der Waals surface area contributed by atoms with Gasteiger partial charge in [-0.25, -0.2) is 0 Å². The van der Waals surface area contributed by atoms with E-state index in [-0.39, 0.29) is 24.0 Å². The van der Waals surface area contributed by atoms with Crippen LogP contribution in [0.1, 0.15) is 39.7 Å². The molecule has 0 aliphatic rings. The fraction of sp³-hybridized carbons (Fsp3) is 0.643. The summed E-state index contributed by atoms with van der Waals surface area (Å²) in [6.45, 7) is 6.59. The van der Waals surface area contributed by atoms with Gasteiger partial charge in [-0.1, -0.05) is 13.8 Å². The smallest absolute Gasteiger partial charge is 0.242 e. The van der Waals surface area contributed by atoms with Crippen molar-refractivity contribution in [1.82, 2.24) is 9.88 Å². The molecule has 1 aromatic heterocycles. The van der Waals surface area contributed by atoms with Crippen LogP contribution in [-0.4, -0.2) is 28.7 Å². The monoisotopic (exact) mass is 252 g/mol. The summed E-state index contributed by atoms with van der Waals surface area (Å²) in [5, 5.41) is 12.4. The third kappa shape index (κ3) is 3.35. The van der Waals surface area contributed by atoms with Crippen molar-refractivity contribution in [3.63, 3.8) is 0 Å². The first-order valence-electron chi connectivity index (χ1n) is 6.59. The molecule has 0 bridgehead atoms. The van der Waals surface area contributed by atoms with Gasteiger partial charge in [0.25, 0.3) is 0 Å². The van der Waals surface area contributed by atoms with Gasteiger partial charge in [-0.2, -0.15) is 0 Å². The zero-order valence-corrected chi connectivity index (χ0v) is 11.5. The van der Waals surface area contributed by atoms with E-state index in [0.29, 0.717) is 6.54 Å². The number of nitrogens with one attached hydrogen (secondary N) is 1. The maximum Gasteiger partial charge on any atom is 0.242 e. The van der Waals surface area contributed by atoms with Crippen molar-refractivity contribution in [2.45, 2.75) is 39.7 Å². The average Bonchev–Trinajstić information content (AvgIpc) is 2.93. The van der Waals surface area contributed by atoms with Gasteiger partial charge in [-0.3, -0.25) is 4.79 Å². The molecule has 1 rings (SSSR count). The molecule has 0 saturated carbocycles. The highest BCUT2D eigenvalue weighted by Gasteiger charge is 2.26. The molecule has 0 saturated heterocycles. The molecule has 0 aliphatic carbocycles. The van der Waals surface area contributed by atoms with E-state index in [1.165, 1.54) is 0 Å². The molecule has 0 fully saturated rings. The SMILES string of the molecule is CCC(CC)(CO)CNC(=O)C(C)n1cccc1. The van der Waals surface area contributed by atoms with E-state index in [9.17, 15) is 9.90 Å². The molecular weight excluding hydrogens is 228 g/mol. The lowest BCUT2D eigenvalue weighted by Crippen LogP contribution is -2.41. The Balaban J connectivity index is 2.55. The first-order valence-corrected chi connectivity index (χ1v) is 6.59. The van der Waals surface area contributed by atoms with E-state index in [4.69, 9.17) is 0 Å². The van der Waals surface area contributed by atoms with Crippen molar-refractivity contribution in [3.8, 4) is 0 Å². The quantitative estimate of drug-likeness (QED) is 0.779. The van der Waals surface area contributed by atoms with Gasteiger partial charge in [0, 0.05) is 24.4 Å². The van der Waals surface area contributed by atoms with Crippen LogP contribution >= 0.6 is 0 Å². The number of aliphatic hydroxyl groups is 1. The number of hydrogen-bond donors (Lipinski definition) is 2. The van der Waals surface area contributed by atoms with Crippen LogP contribution in [0.5, 0.6) is 0 Å². The number of carbonyl (C=O) groups is 1. The Morgan fingerprint density at radius 2 is 1.89 bits per heavy atom. The number of hydrogen-bond acceptors (Lipinski definition) is 2. The minimum Gasteiger partial charge on any atom is -0.396 e. The predicted octanol–water partition coefficient (Wildman–Crippen LogP) is 1.96. The second-order valence-corrected chi connectivity index (χ2v) is 4.89. The van der Waals surface area contributed by atoms with Crippen molar-refractivity contribution >= 4 is 5.91 Å². The summed E-state index contributed by atoms with van der Waals surface area (Å²) in [7, 11) is 0. The molecule has 4 heteroatoms. The standard InChI is InChI=1S/C14H24N2O2/c1-4-14(5-2,11-17)10-15-13(18)12(3)16-8-6-7-9-16/h6-9,12,17H,4-5,10-11H2,1-3H3,(H,15,18). The first-order chi connectivity index (χ1) is 8.58. The van der Waals surface area contributed by atoms with Crippen LogP contribution in [-0.2, 0) is 4.79 Å². The Morgan fingerprint density at radius 1 is 1.33 bits per heavy atom. The number of amides is 1. The molecule has 0 radical (unpaired) electrons. The molecule has 0 aromatic carbocycles. The molecule has 1 aromatic rings. The van der Waals surface area contributed by atoms with Crippen LogP contribution in [0.25, 0.3) is 0 Å². The van der Waals surface area contributed by atoms with Gasteiger partial charge in [0.1, 0.15) is 6.04 Å². The largest absolute Gasteiger partial charge is 0.396 e. The minimum absolute atomic E-state index is 0.00840. The second-order valence-electron chi connectivity index (χ2n) is 4.89. The maximum absolute atomic E-state index is 12.0. The van der Waals surface area contributed by atoms with Gasteiger partial charge in [0.2, 0.25) is 5.91 Å². The highest BCUT2D eigenvalue weighted by atomic mass is 16.3. The minimum atomic E-state index is -0.217. The Hall–Kier alpha value is -1.29. The van der Waals surface area contributed by atoms with E-state index in [1.54, 1.807) is 0 Å². The van der Waals surface area contributed by atoms with Gasteiger partial charge in [0.05, 0.1) is 6.61 Å². The summed E-state index contributed by atoms with van der Waals surface area (Å²) in [4.78, 5) is 12.0. The lowest BCUT2D eigenvalue weighted by molar-refractivity contribution is -0.124. The second kappa shape index (κ2) is 6.59. The van der Waals surface area contributed by atoms with Crippen molar-refractivity contribution in [3.05, 3.63) is 24.5 Å². The average molecular weight is 252 g/mol. The molecule has 4 nitrogen and oxygen atoms in total. The summed E-state index contributed by atoms with van der Waals surface area (Å²) in [5.74, 6) is -0.00840. The van der Waals surface area contributed by atoms with Gasteiger partial charge >= 0.3 is 0 Å². The lowest BCUT2D eigenvalue weighted by atomic mass is 9.83. The van der Waals surface area contributed by atoms with E-state index < -0.39 is 0 Å². The number of aromatic nitrogens is 1. The highest BCUT2D eigenvalue weighted by Crippen LogP contribution is 2.24.